The molecule has 3 aliphatic heterocycles. The van der Waals surface area contributed by atoms with Crippen LogP contribution in [-0.2, 0) is 4.74 Å². The summed E-state index contributed by atoms with van der Waals surface area (Å²) in [6.07, 6.45) is 0.644. The summed E-state index contributed by atoms with van der Waals surface area (Å²) in [6, 6.07) is 8.33. The number of benzene rings is 1. The summed E-state index contributed by atoms with van der Waals surface area (Å²) in [4.78, 5) is 41.0. The molecule has 2 aromatic rings. The number of ketones is 1. The SMILES string of the molecule is O=C(CC[C@@H]1OC(=O)N2c3ccc(N4CCCNC4=O)cc3OC[C@@H]12)c1ccc(Cl)s1. The second-order valence-corrected chi connectivity index (χ2v) is 9.34. The Bertz CT molecular complexity index is 1060. The maximum Gasteiger partial charge on any atom is 0.415 e. The molecule has 0 aliphatic carbocycles. The molecule has 2 saturated heterocycles. The van der Waals surface area contributed by atoms with Gasteiger partial charge in [0.15, 0.2) is 5.78 Å². The molecule has 0 spiro atoms. The highest BCUT2D eigenvalue weighted by atomic mass is 35.5. The predicted octanol–water partition coefficient (Wildman–Crippen LogP) is 4.07. The van der Waals surface area contributed by atoms with Gasteiger partial charge in [0.2, 0.25) is 0 Å². The van der Waals surface area contributed by atoms with E-state index >= 15 is 0 Å². The van der Waals surface area contributed by atoms with Crippen LogP contribution in [0.25, 0.3) is 0 Å². The minimum Gasteiger partial charge on any atom is -0.489 e. The highest BCUT2D eigenvalue weighted by molar-refractivity contribution is 7.18. The van der Waals surface area contributed by atoms with Crippen LogP contribution in [-0.4, -0.2) is 49.7 Å². The van der Waals surface area contributed by atoms with E-state index in [2.05, 4.69) is 5.32 Å². The molecule has 162 valence electrons. The van der Waals surface area contributed by atoms with Gasteiger partial charge in [0, 0.05) is 31.3 Å². The van der Waals surface area contributed by atoms with Gasteiger partial charge >= 0.3 is 12.1 Å². The standard InChI is InChI=1S/C21H20ClN3O5S/c22-19-7-6-18(31-19)15(26)4-5-16-14-11-29-17-10-12(24-9-1-8-23-20(24)27)2-3-13(17)25(14)21(28)30-16/h2-3,6-7,10,14,16H,1,4-5,8-9,11H2,(H,23,27)/t14-,16-/m0/s1. The van der Waals surface area contributed by atoms with Crippen molar-refractivity contribution in [3.63, 3.8) is 0 Å². The quantitative estimate of drug-likeness (QED) is 0.678. The average Bonchev–Trinajstić information content (AvgIpc) is 3.35. The molecule has 1 N–H and O–H groups in total. The van der Waals surface area contributed by atoms with Gasteiger partial charge in [0.1, 0.15) is 24.5 Å². The van der Waals surface area contributed by atoms with Crippen LogP contribution in [0.5, 0.6) is 5.75 Å². The summed E-state index contributed by atoms with van der Waals surface area (Å²) < 4.78 is 12.1. The van der Waals surface area contributed by atoms with Crippen LogP contribution in [0.15, 0.2) is 30.3 Å². The Hall–Kier alpha value is -2.78. The van der Waals surface area contributed by atoms with Crippen molar-refractivity contribution in [3.8, 4) is 5.75 Å². The average molecular weight is 462 g/mol. The lowest BCUT2D eigenvalue weighted by Crippen LogP contribution is -2.47. The third-order valence-electron chi connectivity index (χ3n) is 5.72. The van der Waals surface area contributed by atoms with Crippen molar-refractivity contribution >= 4 is 52.2 Å². The second kappa shape index (κ2) is 8.05. The molecule has 10 heteroatoms. The molecule has 3 aliphatic rings. The van der Waals surface area contributed by atoms with Crippen LogP contribution in [0.4, 0.5) is 21.0 Å². The number of hydrogen-bond donors (Lipinski definition) is 1. The first-order valence-corrected chi connectivity index (χ1v) is 11.3. The summed E-state index contributed by atoms with van der Waals surface area (Å²) >= 11 is 7.15. The number of rotatable bonds is 5. The Morgan fingerprint density at radius 1 is 1.26 bits per heavy atom. The van der Waals surface area contributed by atoms with Crippen molar-refractivity contribution in [1.82, 2.24) is 5.32 Å². The number of nitrogens with zero attached hydrogens (tertiary/aromatic N) is 2. The van der Waals surface area contributed by atoms with Crippen LogP contribution in [0.3, 0.4) is 0 Å². The Balaban J connectivity index is 1.30. The zero-order valence-electron chi connectivity index (χ0n) is 16.5. The number of urea groups is 1. The molecule has 1 aromatic heterocycles. The third kappa shape index (κ3) is 3.72. The molecule has 1 aromatic carbocycles. The number of fused-ring (bicyclic) bond motifs is 3. The van der Waals surface area contributed by atoms with Crippen molar-refractivity contribution in [2.45, 2.75) is 31.4 Å². The Morgan fingerprint density at radius 2 is 2.13 bits per heavy atom. The number of anilines is 2. The van der Waals surface area contributed by atoms with Gasteiger partial charge in [0.25, 0.3) is 0 Å². The molecule has 2 fully saturated rings. The molecule has 0 bridgehead atoms. The van der Waals surface area contributed by atoms with Gasteiger partial charge < -0.3 is 14.8 Å². The van der Waals surface area contributed by atoms with E-state index in [0.717, 1.165) is 12.1 Å². The Kier molecular flexibility index (Phi) is 5.23. The molecule has 2 atom stereocenters. The van der Waals surface area contributed by atoms with E-state index in [4.69, 9.17) is 21.1 Å². The van der Waals surface area contributed by atoms with E-state index in [9.17, 15) is 14.4 Å². The molecular weight excluding hydrogens is 442 g/mol. The Morgan fingerprint density at radius 3 is 2.90 bits per heavy atom. The predicted molar refractivity (Wildman–Crippen MR) is 117 cm³/mol. The zero-order chi connectivity index (χ0) is 21.5. The van der Waals surface area contributed by atoms with Crippen LogP contribution >= 0.6 is 22.9 Å². The fourth-order valence-corrected chi connectivity index (χ4v) is 5.18. The summed E-state index contributed by atoms with van der Waals surface area (Å²) in [5.74, 6) is 0.516. The van der Waals surface area contributed by atoms with Gasteiger partial charge in [-0.15, -0.1) is 11.3 Å². The monoisotopic (exact) mass is 461 g/mol. The number of nitrogens with one attached hydrogen (secondary N) is 1. The van der Waals surface area contributed by atoms with Crippen molar-refractivity contribution in [2.75, 3.05) is 29.5 Å². The fourth-order valence-electron chi connectivity index (χ4n) is 4.17. The van der Waals surface area contributed by atoms with E-state index in [1.165, 1.54) is 11.3 Å². The third-order valence-corrected chi connectivity index (χ3v) is 6.99. The van der Waals surface area contributed by atoms with Gasteiger partial charge in [-0.2, -0.15) is 0 Å². The molecule has 0 radical (unpaired) electrons. The smallest absolute Gasteiger partial charge is 0.415 e. The number of ether oxygens (including phenoxy) is 2. The number of carbonyl (C=O) groups is 3. The largest absolute Gasteiger partial charge is 0.489 e. The molecular formula is C21H20ClN3O5S. The molecule has 4 heterocycles. The topological polar surface area (TPSA) is 88.2 Å². The lowest BCUT2D eigenvalue weighted by Gasteiger charge is -2.33. The molecule has 8 nitrogen and oxygen atoms in total. The molecule has 0 saturated carbocycles. The maximum atomic E-state index is 12.6. The minimum atomic E-state index is -0.449. The number of Topliss-reactive ketones (excluding diaryl/α,β-unsaturated/α-hetero) is 1. The number of carbonyl (C=O) groups excluding carboxylic acids is 3. The van der Waals surface area contributed by atoms with Crippen molar-refractivity contribution in [2.24, 2.45) is 0 Å². The lowest BCUT2D eigenvalue weighted by atomic mass is 10.0. The number of amides is 3. The van der Waals surface area contributed by atoms with E-state index in [-0.39, 0.29) is 30.9 Å². The van der Waals surface area contributed by atoms with Crippen LogP contribution in [0.1, 0.15) is 28.9 Å². The fraction of sp³-hybridized carbons (Fsp3) is 0.381. The summed E-state index contributed by atoms with van der Waals surface area (Å²) in [7, 11) is 0. The Labute approximate surface area is 187 Å². The maximum absolute atomic E-state index is 12.6. The first kappa shape index (κ1) is 20.1. The number of halogens is 1. The first-order valence-electron chi connectivity index (χ1n) is 10.1. The van der Waals surface area contributed by atoms with E-state index in [1.807, 2.05) is 0 Å². The van der Waals surface area contributed by atoms with Gasteiger partial charge in [-0.1, -0.05) is 11.6 Å². The number of thiophene rings is 1. The van der Waals surface area contributed by atoms with Gasteiger partial charge in [-0.3, -0.25) is 14.6 Å². The summed E-state index contributed by atoms with van der Waals surface area (Å²) in [6.45, 7) is 1.56. The molecule has 3 amide bonds. The van der Waals surface area contributed by atoms with Gasteiger partial charge in [0.05, 0.1) is 14.9 Å². The number of hydrogen-bond acceptors (Lipinski definition) is 6. The summed E-state index contributed by atoms with van der Waals surface area (Å²) in [5, 5.41) is 2.82. The highest BCUT2D eigenvalue weighted by Crippen LogP contribution is 2.42. The zero-order valence-corrected chi connectivity index (χ0v) is 18.1. The van der Waals surface area contributed by atoms with E-state index < -0.39 is 12.2 Å². The molecule has 31 heavy (non-hydrogen) atoms. The summed E-state index contributed by atoms with van der Waals surface area (Å²) in [5.41, 5.74) is 1.33. The normalized spacial score (nSPS) is 22.4. The highest BCUT2D eigenvalue weighted by Gasteiger charge is 2.46. The lowest BCUT2D eigenvalue weighted by molar-refractivity contribution is 0.0904. The second-order valence-electron chi connectivity index (χ2n) is 7.63. The van der Waals surface area contributed by atoms with Crippen LogP contribution < -0.4 is 19.9 Å². The molecule has 0 unspecified atom stereocenters. The van der Waals surface area contributed by atoms with Gasteiger partial charge in [-0.05, 0) is 37.1 Å². The number of cyclic esters (lactones) is 1. The van der Waals surface area contributed by atoms with Crippen LogP contribution in [0.2, 0.25) is 4.34 Å². The van der Waals surface area contributed by atoms with Crippen molar-refractivity contribution in [1.29, 1.82) is 0 Å². The first-order chi connectivity index (χ1) is 15.0. The van der Waals surface area contributed by atoms with E-state index in [1.54, 1.807) is 40.1 Å². The molecule has 5 rings (SSSR count). The van der Waals surface area contributed by atoms with Crippen molar-refractivity contribution < 1.29 is 23.9 Å². The van der Waals surface area contributed by atoms with E-state index in [0.29, 0.717) is 40.2 Å². The van der Waals surface area contributed by atoms with Crippen molar-refractivity contribution in [3.05, 3.63) is 39.5 Å². The minimum absolute atomic E-state index is 0.0204. The van der Waals surface area contributed by atoms with Crippen LogP contribution in [0, 0.1) is 0 Å². The van der Waals surface area contributed by atoms with Gasteiger partial charge in [-0.25, -0.2) is 9.59 Å².